The largest absolute Gasteiger partial charge is 0.508 e. The molecule has 0 radical (unpaired) electrons. The van der Waals surface area contributed by atoms with Crippen molar-refractivity contribution >= 4 is 5.96 Å². The normalized spacial score (nSPS) is 15.1. The van der Waals surface area contributed by atoms with Crippen molar-refractivity contribution in [3.8, 4) is 17.2 Å². The molecule has 0 atom stereocenters. The maximum absolute atomic E-state index is 14.0. The monoisotopic (exact) mass is 430 g/mol. The Morgan fingerprint density at radius 2 is 1.87 bits per heavy atom. The van der Waals surface area contributed by atoms with E-state index in [1.165, 1.54) is 13.2 Å². The van der Waals surface area contributed by atoms with Gasteiger partial charge in [0, 0.05) is 44.8 Å². The number of phenols is 1. The van der Waals surface area contributed by atoms with Gasteiger partial charge in [0.15, 0.2) is 17.5 Å². The standard InChI is InChI=1S/C23H31FN4O3/c1-4-25-23(26-15-18-14-19(30-2)6-7-21(18)29)28-11-9-27(10-12-28)16-17-5-8-22(31-3)20(24)13-17/h5-8,13-14,29H,4,9-12,15-16H2,1-3H3,(H,25,26). The van der Waals surface area contributed by atoms with Gasteiger partial charge in [-0.05, 0) is 42.8 Å². The zero-order chi connectivity index (χ0) is 22.2. The van der Waals surface area contributed by atoms with E-state index in [0.29, 0.717) is 18.8 Å². The summed E-state index contributed by atoms with van der Waals surface area (Å²) in [4.78, 5) is 9.23. The first kappa shape index (κ1) is 22.7. The molecular formula is C23H31FN4O3. The molecule has 0 amide bonds. The Hall–Kier alpha value is -3.00. The van der Waals surface area contributed by atoms with Gasteiger partial charge in [0.2, 0.25) is 0 Å². The van der Waals surface area contributed by atoms with E-state index in [1.54, 1.807) is 31.4 Å². The van der Waals surface area contributed by atoms with Crippen molar-refractivity contribution < 1.29 is 19.0 Å². The summed E-state index contributed by atoms with van der Waals surface area (Å²) in [7, 11) is 3.07. The average molecular weight is 431 g/mol. The maximum Gasteiger partial charge on any atom is 0.194 e. The molecular weight excluding hydrogens is 399 g/mol. The molecule has 7 nitrogen and oxygen atoms in total. The fourth-order valence-corrected chi connectivity index (χ4v) is 3.59. The summed E-state index contributed by atoms with van der Waals surface area (Å²) in [6.07, 6.45) is 0. The summed E-state index contributed by atoms with van der Waals surface area (Å²) in [6.45, 7) is 7.17. The molecule has 0 saturated carbocycles. The Labute approximate surface area is 183 Å². The number of nitrogens with zero attached hydrogens (tertiary/aromatic N) is 3. The number of hydrogen-bond donors (Lipinski definition) is 2. The van der Waals surface area contributed by atoms with E-state index in [0.717, 1.165) is 49.8 Å². The van der Waals surface area contributed by atoms with Gasteiger partial charge in [0.25, 0.3) is 0 Å². The molecule has 1 fully saturated rings. The van der Waals surface area contributed by atoms with E-state index in [2.05, 4.69) is 15.1 Å². The zero-order valence-electron chi connectivity index (χ0n) is 18.4. The molecule has 168 valence electrons. The average Bonchev–Trinajstić information content (AvgIpc) is 2.78. The van der Waals surface area contributed by atoms with Crippen LogP contribution in [0.4, 0.5) is 4.39 Å². The van der Waals surface area contributed by atoms with Crippen molar-refractivity contribution in [3.05, 3.63) is 53.3 Å². The van der Waals surface area contributed by atoms with Crippen LogP contribution >= 0.6 is 0 Å². The lowest BCUT2D eigenvalue weighted by atomic mass is 10.2. The molecule has 0 unspecified atom stereocenters. The number of hydrogen-bond acceptors (Lipinski definition) is 5. The Morgan fingerprint density at radius 1 is 1.10 bits per heavy atom. The topological polar surface area (TPSA) is 69.6 Å². The summed E-state index contributed by atoms with van der Waals surface area (Å²) in [6, 6.07) is 10.3. The van der Waals surface area contributed by atoms with Crippen molar-refractivity contribution in [2.24, 2.45) is 4.99 Å². The third kappa shape index (κ3) is 6.01. The highest BCUT2D eigenvalue weighted by Gasteiger charge is 2.20. The second-order valence-corrected chi connectivity index (χ2v) is 7.40. The van der Waals surface area contributed by atoms with Crippen molar-refractivity contribution in [2.75, 3.05) is 46.9 Å². The molecule has 1 saturated heterocycles. The first-order chi connectivity index (χ1) is 15.0. The third-order valence-corrected chi connectivity index (χ3v) is 5.31. The lowest BCUT2D eigenvalue weighted by Gasteiger charge is -2.36. The van der Waals surface area contributed by atoms with Crippen molar-refractivity contribution in [1.82, 2.24) is 15.1 Å². The number of methoxy groups -OCH3 is 2. The summed E-state index contributed by atoms with van der Waals surface area (Å²) < 4.78 is 24.2. The second kappa shape index (κ2) is 10.9. The summed E-state index contributed by atoms with van der Waals surface area (Å²) in [5, 5.41) is 13.4. The Morgan fingerprint density at radius 3 is 2.52 bits per heavy atom. The van der Waals surface area contributed by atoms with Gasteiger partial charge in [-0.25, -0.2) is 9.38 Å². The number of benzene rings is 2. The number of phenolic OH excluding ortho intramolecular Hbond substituents is 1. The fourth-order valence-electron chi connectivity index (χ4n) is 3.59. The molecule has 8 heteroatoms. The molecule has 0 bridgehead atoms. The maximum atomic E-state index is 14.0. The van der Waals surface area contributed by atoms with Gasteiger partial charge in [0.1, 0.15) is 11.5 Å². The highest BCUT2D eigenvalue weighted by atomic mass is 19.1. The molecule has 31 heavy (non-hydrogen) atoms. The van der Waals surface area contributed by atoms with Gasteiger partial charge in [-0.15, -0.1) is 0 Å². The number of rotatable bonds is 7. The molecule has 2 aromatic carbocycles. The minimum absolute atomic E-state index is 0.206. The van der Waals surface area contributed by atoms with Gasteiger partial charge in [-0.1, -0.05) is 6.07 Å². The Balaban J connectivity index is 1.60. The summed E-state index contributed by atoms with van der Waals surface area (Å²) in [5.41, 5.74) is 1.65. The minimum atomic E-state index is -0.332. The van der Waals surface area contributed by atoms with Crippen LogP contribution in [0.25, 0.3) is 0 Å². The van der Waals surface area contributed by atoms with E-state index >= 15 is 0 Å². The highest BCUT2D eigenvalue weighted by Crippen LogP contribution is 2.24. The van der Waals surface area contributed by atoms with E-state index in [4.69, 9.17) is 14.5 Å². The van der Waals surface area contributed by atoms with E-state index in [9.17, 15) is 9.50 Å². The molecule has 2 aromatic rings. The van der Waals surface area contributed by atoms with Crippen molar-refractivity contribution in [3.63, 3.8) is 0 Å². The van der Waals surface area contributed by atoms with Crippen LogP contribution in [0.1, 0.15) is 18.1 Å². The number of ether oxygens (including phenoxy) is 2. The quantitative estimate of drug-likeness (QED) is 0.520. The minimum Gasteiger partial charge on any atom is -0.508 e. The zero-order valence-corrected chi connectivity index (χ0v) is 18.4. The smallest absolute Gasteiger partial charge is 0.194 e. The highest BCUT2D eigenvalue weighted by molar-refractivity contribution is 5.80. The van der Waals surface area contributed by atoms with Crippen molar-refractivity contribution in [1.29, 1.82) is 0 Å². The molecule has 3 rings (SSSR count). The third-order valence-electron chi connectivity index (χ3n) is 5.31. The van der Waals surface area contributed by atoms with Crippen LogP contribution in [0.3, 0.4) is 0 Å². The van der Waals surface area contributed by atoms with Crippen LogP contribution in [0.2, 0.25) is 0 Å². The van der Waals surface area contributed by atoms with Crippen LogP contribution in [0, 0.1) is 5.82 Å². The fraction of sp³-hybridized carbons (Fsp3) is 0.435. The van der Waals surface area contributed by atoms with Crippen LogP contribution in [0.15, 0.2) is 41.4 Å². The second-order valence-electron chi connectivity index (χ2n) is 7.40. The van der Waals surface area contributed by atoms with Gasteiger partial charge in [-0.3, -0.25) is 4.90 Å². The van der Waals surface area contributed by atoms with E-state index in [1.807, 2.05) is 13.0 Å². The van der Waals surface area contributed by atoms with Crippen LogP contribution in [-0.2, 0) is 13.1 Å². The molecule has 1 aliphatic heterocycles. The molecule has 1 aliphatic rings. The van der Waals surface area contributed by atoms with Gasteiger partial charge in [-0.2, -0.15) is 0 Å². The SMILES string of the molecule is CCNC(=NCc1cc(OC)ccc1O)N1CCN(Cc2ccc(OC)c(F)c2)CC1. The summed E-state index contributed by atoms with van der Waals surface area (Å²) >= 11 is 0. The number of aromatic hydroxyl groups is 1. The first-order valence-corrected chi connectivity index (χ1v) is 10.5. The molecule has 2 N–H and O–H groups in total. The number of halogens is 1. The molecule has 0 aliphatic carbocycles. The van der Waals surface area contributed by atoms with Crippen molar-refractivity contribution in [2.45, 2.75) is 20.0 Å². The van der Waals surface area contributed by atoms with Crippen LogP contribution in [0.5, 0.6) is 17.2 Å². The van der Waals surface area contributed by atoms with E-state index in [-0.39, 0.29) is 17.3 Å². The molecule has 0 spiro atoms. The predicted octanol–water partition coefficient (Wildman–Crippen LogP) is 2.83. The predicted molar refractivity (Wildman–Crippen MR) is 119 cm³/mol. The lowest BCUT2D eigenvalue weighted by molar-refractivity contribution is 0.172. The molecule has 1 heterocycles. The van der Waals surface area contributed by atoms with Gasteiger partial charge in [0.05, 0.1) is 20.8 Å². The van der Waals surface area contributed by atoms with Crippen LogP contribution < -0.4 is 14.8 Å². The number of piperazine rings is 1. The first-order valence-electron chi connectivity index (χ1n) is 10.5. The lowest BCUT2D eigenvalue weighted by Crippen LogP contribution is -2.52. The summed E-state index contributed by atoms with van der Waals surface area (Å²) in [5.74, 6) is 1.65. The van der Waals surface area contributed by atoms with Gasteiger partial charge >= 0.3 is 0 Å². The Kier molecular flexibility index (Phi) is 7.94. The Bertz CT molecular complexity index is 898. The number of aliphatic imine (C=N–C) groups is 1. The van der Waals surface area contributed by atoms with Gasteiger partial charge < -0.3 is 24.8 Å². The molecule has 0 aromatic heterocycles. The number of nitrogens with one attached hydrogen (secondary N) is 1. The van der Waals surface area contributed by atoms with Crippen LogP contribution in [-0.4, -0.2) is 67.8 Å². The van der Waals surface area contributed by atoms with E-state index < -0.39 is 0 Å². The number of guanidine groups is 1.